The van der Waals surface area contributed by atoms with E-state index in [2.05, 4.69) is 17.3 Å². The van der Waals surface area contributed by atoms with E-state index in [1.807, 2.05) is 0 Å². The SMILES string of the molecule is CN1CCC(C(=O)Nc2cccc(F)c2)CC1. The third-order valence-corrected chi connectivity index (χ3v) is 3.18. The normalized spacial score (nSPS) is 18.0. The Hall–Kier alpha value is -1.42. The summed E-state index contributed by atoms with van der Waals surface area (Å²) in [6.07, 6.45) is 1.75. The molecule has 0 atom stereocenters. The molecule has 4 heteroatoms. The number of rotatable bonds is 2. The average molecular weight is 236 g/mol. The first-order valence-corrected chi connectivity index (χ1v) is 5.90. The van der Waals surface area contributed by atoms with E-state index in [9.17, 15) is 9.18 Å². The Balaban J connectivity index is 1.93. The molecule has 2 rings (SSSR count). The van der Waals surface area contributed by atoms with Gasteiger partial charge in [0.25, 0.3) is 0 Å². The van der Waals surface area contributed by atoms with Crippen LogP contribution in [0.3, 0.4) is 0 Å². The highest BCUT2D eigenvalue weighted by Crippen LogP contribution is 2.18. The fraction of sp³-hybridized carbons (Fsp3) is 0.462. The Morgan fingerprint density at radius 1 is 1.41 bits per heavy atom. The van der Waals surface area contributed by atoms with Gasteiger partial charge >= 0.3 is 0 Å². The van der Waals surface area contributed by atoms with Crippen molar-refractivity contribution >= 4 is 11.6 Å². The van der Waals surface area contributed by atoms with E-state index in [-0.39, 0.29) is 17.6 Å². The van der Waals surface area contributed by atoms with Crippen molar-refractivity contribution in [3.63, 3.8) is 0 Å². The molecular weight excluding hydrogens is 219 g/mol. The number of halogens is 1. The maximum atomic E-state index is 13.0. The molecule has 1 saturated heterocycles. The molecule has 92 valence electrons. The van der Waals surface area contributed by atoms with Gasteiger partial charge in [-0.05, 0) is 51.2 Å². The van der Waals surface area contributed by atoms with Crippen LogP contribution in [0.25, 0.3) is 0 Å². The average Bonchev–Trinajstić information content (AvgIpc) is 2.29. The molecule has 1 aliphatic rings. The van der Waals surface area contributed by atoms with Crippen molar-refractivity contribution in [2.45, 2.75) is 12.8 Å². The molecule has 1 aromatic carbocycles. The minimum Gasteiger partial charge on any atom is -0.326 e. The minimum atomic E-state index is -0.328. The summed E-state index contributed by atoms with van der Waals surface area (Å²) >= 11 is 0. The van der Waals surface area contributed by atoms with Gasteiger partial charge in [0.2, 0.25) is 5.91 Å². The largest absolute Gasteiger partial charge is 0.326 e. The maximum absolute atomic E-state index is 13.0. The van der Waals surface area contributed by atoms with Crippen molar-refractivity contribution in [1.82, 2.24) is 4.90 Å². The van der Waals surface area contributed by atoms with Crippen molar-refractivity contribution in [2.75, 3.05) is 25.5 Å². The second kappa shape index (κ2) is 5.27. The number of nitrogens with one attached hydrogen (secondary N) is 1. The number of anilines is 1. The number of benzene rings is 1. The van der Waals surface area contributed by atoms with Crippen molar-refractivity contribution in [2.24, 2.45) is 5.92 Å². The second-order valence-corrected chi connectivity index (χ2v) is 4.58. The molecule has 1 heterocycles. The molecule has 1 aromatic rings. The van der Waals surface area contributed by atoms with Crippen LogP contribution in [-0.4, -0.2) is 30.9 Å². The Labute approximate surface area is 101 Å². The molecule has 0 aliphatic carbocycles. The smallest absolute Gasteiger partial charge is 0.227 e. The van der Waals surface area contributed by atoms with Gasteiger partial charge in [0, 0.05) is 11.6 Å². The molecule has 0 aromatic heterocycles. The van der Waals surface area contributed by atoms with Gasteiger partial charge < -0.3 is 10.2 Å². The predicted molar refractivity (Wildman–Crippen MR) is 65.3 cm³/mol. The molecule has 1 N–H and O–H groups in total. The lowest BCUT2D eigenvalue weighted by Gasteiger charge is -2.28. The van der Waals surface area contributed by atoms with E-state index in [1.54, 1.807) is 12.1 Å². The van der Waals surface area contributed by atoms with Crippen LogP contribution < -0.4 is 5.32 Å². The summed E-state index contributed by atoms with van der Waals surface area (Å²) in [7, 11) is 2.06. The number of carbonyl (C=O) groups excluding carboxylic acids is 1. The fourth-order valence-electron chi connectivity index (χ4n) is 2.08. The van der Waals surface area contributed by atoms with Crippen LogP contribution >= 0.6 is 0 Å². The summed E-state index contributed by atoms with van der Waals surface area (Å²) in [5.41, 5.74) is 0.536. The number of likely N-dealkylation sites (tertiary alicyclic amines) is 1. The number of hydrogen-bond acceptors (Lipinski definition) is 2. The number of nitrogens with zero attached hydrogens (tertiary/aromatic N) is 1. The highest BCUT2D eigenvalue weighted by atomic mass is 19.1. The maximum Gasteiger partial charge on any atom is 0.227 e. The molecule has 17 heavy (non-hydrogen) atoms. The van der Waals surface area contributed by atoms with Crippen LogP contribution in [0.2, 0.25) is 0 Å². The Kier molecular flexibility index (Phi) is 3.74. The molecular formula is C13H17FN2O. The Bertz CT molecular complexity index is 400. The van der Waals surface area contributed by atoms with Crippen molar-refractivity contribution in [3.8, 4) is 0 Å². The van der Waals surface area contributed by atoms with Crippen LogP contribution in [0.15, 0.2) is 24.3 Å². The lowest BCUT2D eigenvalue weighted by Crippen LogP contribution is -2.35. The first kappa shape index (κ1) is 12.0. The molecule has 0 saturated carbocycles. The lowest BCUT2D eigenvalue weighted by molar-refractivity contribution is -0.121. The van der Waals surface area contributed by atoms with Gasteiger partial charge in [0.15, 0.2) is 0 Å². The summed E-state index contributed by atoms with van der Waals surface area (Å²) < 4.78 is 13.0. The summed E-state index contributed by atoms with van der Waals surface area (Å²) in [5.74, 6) is -0.274. The van der Waals surface area contributed by atoms with Gasteiger partial charge in [0.1, 0.15) is 5.82 Å². The first-order chi connectivity index (χ1) is 8.15. The van der Waals surface area contributed by atoms with E-state index in [0.717, 1.165) is 25.9 Å². The third-order valence-electron chi connectivity index (χ3n) is 3.18. The van der Waals surface area contributed by atoms with Gasteiger partial charge in [-0.2, -0.15) is 0 Å². The van der Waals surface area contributed by atoms with Crippen LogP contribution in [0.1, 0.15) is 12.8 Å². The van der Waals surface area contributed by atoms with Gasteiger partial charge in [-0.3, -0.25) is 4.79 Å². The number of hydrogen-bond donors (Lipinski definition) is 1. The second-order valence-electron chi connectivity index (χ2n) is 4.58. The number of amides is 1. The van der Waals surface area contributed by atoms with Gasteiger partial charge in [-0.25, -0.2) is 4.39 Å². The zero-order valence-electron chi connectivity index (χ0n) is 9.95. The summed E-state index contributed by atoms with van der Waals surface area (Å²) in [6.45, 7) is 1.89. The molecule has 1 fully saturated rings. The van der Waals surface area contributed by atoms with Crippen molar-refractivity contribution in [1.29, 1.82) is 0 Å². The monoisotopic (exact) mass is 236 g/mol. The topological polar surface area (TPSA) is 32.3 Å². The van der Waals surface area contributed by atoms with Crippen LogP contribution in [0, 0.1) is 11.7 Å². The summed E-state index contributed by atoms with van der Waals surface area (Å²) in [4.78, 5) is 14.1. The Morgan fingerprint density at radius 2 is 2.12 bits per heavy atom. The number of piperidine rings is 1. The summed E-state index contributed by atoms with van der Waals surface area (Å²) in [5, 5.41) is 2.77. The zero-order valence-corrected chi connectivity index (χ0v) is 9.95. The van der Waals surface area contributed by atoms with E-state index in [0.29, 0.717) is 5.69 Å². The molecule has 0 radical (unpaired) electrons. The highest BCUT2D eigenvalue weighted by Gasteiger charge is 2.23. The molecule has 0 spiro atoms. The molecule has 1 amide bonds. The molecule has 3 nitrogen and oxygen atoms in total. The van der Waals surface area contributed by atoms with Crippen LogP contribution in [0.5, 0.6) is 0 Å². The van der Waals surface area contributed by atoms with Gasteiger partial charge in [-0.15, -0.1) is 0 Å². The zero-order chi connectivity index (χ0) is 12.3. The van der Waals surface area contributed by atoms with Crippen molar-refractivity contribution < 1.29 is 9.18 Å². The quantitative estimate of drug-likeness (QED) is 0.853. The Morgan fingerprint density at radius 3 is 2.76 bits per heavy atom. The van der Waals surface area contributed by atoms with Crippen LogP contribution in [-0.2, 0) is 4.79 Å². The molecule has 0 bridgehead atoms. The molecule has 1 aliphatic heterocycles. The third kappa shape index (κ3) is 3.27. The molecule has 0 unspecified atom stereocenters. The van der Waals surface area contributed by atoms with Crippen molar-refractivity contribution in [3.05, 3.63) is 30.1 Å². The van der Waals surface area contributed by atoms with Gasteiger partial charge in [-0.1, -0.05) is 6.07 Å². The number of carbonyl (C=O) groups is 1. The van der Waals surface area contributed by atoms with Crippen LogP contribution in [0.4, 0.5) is 10.1 Å². The van der Waals surface area contributed by atoms with E-state index >= 15 is 0 Å². The van der Waals surface area contributed by atoms with E-state index in [4.69, 9.17) is 0 Å². The summed E-state index contributed by atoms with van der Waals surface area (Å²) in [6, 6.07) is 6.01. The van der Waals surface area contributed by atoms with Gasteiger partial charge in [0.05, 0.1) is 0 Å². The standard InChI is InChI=1S/C13H17FN2O/c1-16-7-5-10(6-8-16)13(17)15-12-4-2-3-11(14)9-12/h2-4,9-10H,5-8H2,1H3,(H,15,17). The minimum absolute atomic E-state index is 0.00343. The first-order valence-electron chi connectivity index (χ1n) is 5.90. The predicted octanol–water partition coefficient (Wildman–Crippen LogP) is 2.11. The van der Waals surface area contributed by atoms with E-state index in [1.165, 1.54) is 12.1 Å². The van der Waals surface area contributed by atoms with E-state index < -0.39 is 0 Å². The highest BCUT2D eigenvalue weighted by molar-refractivity contribution is 5.92. The fourth-order valence-corrected chi connectivity index (χ4v) is 2.08. The lowest BCUT2D eigenvalue weighted by atomic mass is 9.96.